The van der Waals surface area contributed by atoms with Crippen LogP contribution in [-0.4, -0.2) is 18.0 Å². The normalized spacial score (nSPS) is 19.4. The minimum absolute atomic E-state index is 0.114. The third-order valence-electron chi connectivity index (χ3n) is 3.28. The SMILES string of the molecule is CCOC(=O)CCC(Cl)CC1CCCCC1. The van der Waals surface area contributed by atoms with Gasteiger partial charge >= 0.3 is 5.97 Å². The summed E-state index contributed by atoms with van der Waals surface area (Å²) in [6, 6.07) is 0. The van der Waals surface area contributed by atoms with Crippen LogP contribution in [0.2, 0.25) is 0 Å². The molecule has 0 saturated heterocycles. The van der Waals surface area contributed by atoms with Crippen molar-refractivity contribution in [3.05, 3.63) is 0 Å². The lowest BCUT2D eigenvalue weighted by atomic mass is 9.85. The van der Waals surface area contributed by atoms with E-state index >= 15 is 0 Å². The van der Waals surface area contributed by atoms with Gasteiger partial charge in [0.25, 0.3) is 0 Å². The van der Waals surface area contributed by atoms with E-state index in [0.717, 1.165) is 18.8 Å². The Morgan fingerprint density at radius 3 is 2.69 bits per heavy atom. The molecular weight excluding hydrogens is 224 g/mol. The first-order chi connectivity index (χ1) is 7.72. The fourth-order valence-electron chi connectivity index (χ4n) is 2.41. The van der Waals surface area contributed by atoms with Crippen LogP contribution in [0.4, 0.5) is 0 Å². The highest BCUT2D eigenvalue weighted by Gasteiger charge is 2.18. The minimum atomic E-state index is -0.114. The summed E-state index contributed by atoms with van der Waals surface area (Å²) in [6.45, 7) is 2.30. The summed E-state index contributed by atoms with van der Waals surface area (Å²) in [5.74, 6) is 0.676. The summed E-state index contributed by atoms with van der Waals surface area (Å²) in [7, 11) is 0. The second-order valence-corrected chi connectivity index (χ2v) is 5.30. The van der Waals surface area contributed by atoms with E-state index in [2.05, 4.69) is 0 Å². The van der Waals surface area contributed by atoms with Gasteiger partial charge in [-0.25, -0.2) is 0 Å². The van der Waals surface area contributed by atoms with Gasteiger partial charge in [-0.1, -0.05) is 32.1 Å². The van der Waals surface area contributed by atoms with Crippen LogP contribution in [0.25, 0.3) is 0 Å². The van der Waals surface area contributed by atoms with E-state index in [-0.39, 0.29) is 11.3 Å². The second kappa shape index (κ2) is 7.94. The molecule has 0 aromatic carbocycles. The molecule has 1 unspecified atom stereocenters. The zero-order valence-corrected chi connectivity index (χ0v) is 11.0. The van der Waals surface area contributed by atoms with Crippen molar-refractivity contribution in [1.82, 2.24) is 0 Å². The maximum Gasteiger partial charge on any atom is 0.305 e. The van der Waals surface area contributed by atoms with Crippen LogP contribution in [0.3, 0.4) is 0 Å². The summed E-state index contributed by atoms with van der Waals surface area (Å²) in [5.41, 5.74) is 0. The van der Waals surface area contributed by atoms with Gasteiger partial charge in [-0.05, 0) is 25.7 Å². The first-order valence-electron chi connectivity index (χ1n) is 6.52. The fraction of sp³-hybridized carbons (Fsp3) is 0.923. The summed E-state index contributed by atoms with van der Waals surface area (Å²) in [5, 5.41) is 0.146. The molecule has 1 atom stereocenters. The van der Waals surface area contributed by atoms with E-state index in [1.165, 1.54) is 32.1 Å². The Bertz CT molecular complexity index is 200. The number of esters is 1. The Morgan fingerprint density at radius 1 is 1.38 bits per heavy atom. The topological polar surface area (TPSA) is 26.3 Å². The van der Waals surface area contributed by atoms with Crippen LogP contribution in [0.1, 0.15) is 58.3 Å². The predicted molar refractivity (Wildman–Crippen MR) is 66.7 cm³/mol. The largest absolute Gasteiger partial charge is 0.466 e. The lowest BCUT2D eigenvalue weighted by Gasteiger charge is -2.23. The molecule has 1 fully saturated rings. The highest BCUT2D eigenvalue weighted by atomic mass is 35.5. The van der Waals surface area contributed by atoms with E-state index in [1.807, 2.05) is 6.92 Å². The van der Waals surface area contributed by atoms with Crippen molar-refractivity contribution in [2.75, 3.05) is 6.61 Å². The summed E-state index contributed by atoms with van der Waals surface area (Å²) in [6.07, 6.45) is 9.03. The Balaban J connectivity index is 2.09. The van der Waals surface area contributed by atoms with E-state index in [9.17, 15) is 4.79 Å². The molecule has 16 heavy (non-hydrogen) atoms. The summed E-state index contributed by atoms with van der Waals surface area (Å²) < 4.78 is 4.88. The second-order valence-electron chi connectivity index (χ2n) is 4.68. The molecule has 0 spiro atoms. The Kier molecular flexibility index (Phi) is 6.86. The van der Waals surface area contributed by atoms with Gasteiger partial charge in [-0.15, -0.1) is 11.6 Å². The molecule has 1 saturated carbocycles. The summed E-state index contributed by atoms with van der Waals surface area (Å²) in [4.78, 5) is 11.2. The summed E-state index contributed by atoms with van der Waals surface area (Å²) >= 11 is 6.25. The Labute approximate surface area is 104 Å². The van der Waals surface area contributed by atoms with Crippen molar-refractivity contribution in [3.63, 3.8) is 0 Å². The number of alkyl halides is 1. The van der Waals surface area contributed by atoms with Crippen molar-refractivity contribution in [2.45, 2.75) is 63.7 Å². The molecule has 2 nitrogen and oxygen atoms in total. The lowest BCUT2D eigenvalue weighted by Crippen LogP contribution is -2.14. The van der Waals surface area contributed by atoms with Gasteiger partial charge in [0.15, 0.2) is 0 Å². The molecule has 0 N–H and O–H groups in total. The van der Waals surface area contributed by atoms with E-state index < -0.39 is 0 Å². The maximum absolute atomic E-state index is 11.2. The standard InChI is InChI=1S/C13H23ClO2/c1-2-16-13(15)9-8-12(14)10-11-6-4-3-5-7-11/h11-12H,2-10H2,1H3. The smallest absolute Gasteiger partial charge is 0.305 e. The highest BCUT2D eigenvalue weighted by Crippen LogP contribution is 2.29. The molecule has 3 heteroatoms. The van der Waals surface area contributed by atoms with Gasteiger partial charge < -0.3 is 4.74 Å². The molecule has 1 aliphatic carbocycles. The lowest BCUT2D eigenvalue weighted by molar-refractivity contribution is -0.143. The van der Waals surface area contributed by atoms with Crippen LogP contribution in [0, 0.1) is 5.92 Å². The number of halogens is 1. The fourth-order valence-corrected chi connectivity index (χ4v) is 2.77. The number of ether oxygens (including phenoxy) is 1. The first-order valence-corrected chi connectivity index (χ1v) is 6.95. The molecule has 1 aliphatic rings. The zero-order chi connectivity index (χ0) is 11.8. The Morgan fingerprint density at radius 2 is 2.06 bits per heavy atom. The molecule has 0 aromatic rings. The molecule has 0 aliphatic heterocycles. The highest BCUT2D eigenvalue weighted by molar-refractivity contribution is 6.20. The number of hydrogen-bond acceptors (Lipinski definition) is 2. The number of carbonyl (C=O) groups excluding carboxylic acids is 1. The molecule has 1 rings (SSSR count). The van der Waals surface area contributed by atoms with Crippen LogP contribution >= 0.6 is 11.6 Å². The number of hydrogen-bond donors (Lipinski definition) is 0. The minimum Gasteiger partial charge on any atom is -0.466 e. The van der Waals surface area contributed by atoms with Crippen molar-refractivity contribution in [2.24, 2.45) is 5.92 Å². The molecule has 0 heterocycles. The predicted octanol–water partition coefficient (Wildman–Crippen LogP) is 3.91. The number of carbonyl (C=O) groups is 1. The van der Waals surface area contributed by atoms with Crippen LogP contribution < -0.4 is 0 Å². The van der Waals surface area contributed by atoms with Crippen LogP contribution in [0.15, 0.2) is 0 Å². The van der Waals surface area contributed by atoms with Crippen molar-refractivity contribution < 1.29 is 9.53 Å². The van der Waals surface area contributed by atoms with Crippen molar-refractivity contribution in [3.8, 4) is 0 Å². The van der Waals surface area contributed by atoms with Gasteiger partial charge in [0.2, 0.25) is 0 Å². The quantitative estimate of drug-likeness (QED) is 0.525. The van der Waals surface area contributed by atoms with Crippen LogP contribution in [-0.2, 0) is 9.53 Å². The van der Waals surface area contributed by atoms with Gasteiger partial charge in [-0.3, -0.25) is 4.79 Å². The van der Waals surface area contributed by atoms with Gasteiger partial charge in [0.1, 0.15) is 0 Å². The molecule has 0 aromatic heterocycles. The van der Waals surface area contributed by atoms with Crippen LogP contribution in [0.5, 0.6) is 0 Å². The number of rotatable bonds is 6. The molecule has 94 valence electrons. The first kappa shape index (κ1) is 13.8. The molecule has 0 radical (unpaired) electrons. The molecular formula is C13H23ClO2. The van der Waals surface area contributed by atoms with Crippen molar-refractivity contribution >= 4 is 17.6 Å². The maximum atomic E-state index is 11.2. The van der Waals surface area contributed by atoms with E-state index in [4.69, 9.17) is 16.3 Å². The molecule has 0 amide bonds. The third-order valence-corrected chi connectivity index (χ3v) is 3.68. The van der Waals surface area contributed by atoms with Gasteiger partial charge in [0.05, 0.1) is 6.61 Å². The molecule has 0 bridgehead atoms. The Hall–Kier alpha value is -0.240. The third kappa shape index (κ3) is 5.74. The van der Waals surface area contributed by atoms with Crippen molar-refractivity contribution in [1.29, 1.82) is 0 Å². The van der Waals surface area contributed by atoms with Gasteiger partial charge in [-0.2, -0.15) is 0 Å². The van der Waals surface area contributed by atoms with E-state index in [0.29, 0.717) is 13.0 Å². The zero-order valence-electron chi connectivity index (χ0n) is 10.2. The average molecular weight is 247 g/mol. The van der Waals surface area contributed by atoms with Gasteiger partial charge in [0, 0.05) is 11.8 Å². The monoisotopic (exact) mass is 246 g/mol. The average Bonchev–Trinajstić information content (AvgIpc) is 2.28. The van der Waals surface area contributed by atoms with E-state index in [1.54, 1.807) is 0 Å².